The average Bonchev–Trinajstić information content (AvgIpc) is 3.66. The van der Waals surface area contributed by atoms with E-state index in [1.165, 1.54) is 18.9 Å². The van der Waals surface area contributed by atoms with Crippen molar-refractivity contribution in [2.75, 3.05) is 24.5 Å². The highest BCUT2D eigenvalue weighted by atomic mass is 19.1. The molecule has 6 heteroatoms. The van der Waals surface area contributed by atoms with Gasteiger partial charge in [-0.1, -0.05) is 42.8 Å². The number of hydrogen-bond acceptors (Lipinski definition) is 3. The van der Waals surface area contributed by atoms with Crippen molar-refractivity contribution in [3.63, 3.8) is 0 Å². The fourth-order valence-electron chi connectivity index (χ4n) is 5.89. The first kappa shape index (κ1) is 24.0. The molecule has 0 radical (unpaired) electrons. The van der Waals surface area contributed by atoms with Crippen LogP contribution in [0.15, 0.2) is 48.5 Å². The van der Waals surface area contributed by atoms with E-state index in [1.807, 2.05) is 34.1 Å². The van der Waals surface area contributed by atoms with Crippen LogP contribution in [0.4, 0.5) is 10.1 Å². The average molecular weight is 478 g/mol. The zero-order valence-corrected chi connectivity index (χ0v) is 20.7. The first-order valence-corrected chi connectivity index (χ1v) is 13.1. The quantitative estimate of drug-likeness (QED) is 0.636. The van der Waals surface area contributed by atoms with Gasteiger partial charge in [-0.05, 0) is 61.3 Å². The summed E-state index contributed by atoms with van der Waals surface area (Å²) in [5, 5.41) is 0. The minimum atomic E-state index is -0.338. The van der Waals surface area contributed by atoms with E-state index in [0.29, 0.717) is 37.3 Å². The van der Waals surface area contributed by atoms with E-state index in [1.54, 1.807) is 25.1 Å². The van der Waals surface area contributed by atoms with Crippen LogP contribution < -0.4 is 4.90 Å². The molecule has 3 aliphatic rings. The number of benzene rings is 2. The lowest BCUT2D eigenvalue weighted by Gasteiger charge is -2.44. The van der Waals surface area contributed by atoms with Crippen molar-refractivity contribution in [1.29, 1.82) is 0 Å². The maximum atomic E-state index is 14.4. The van der Waals surface area contributed by atoms with E-state index in [4.69, 9.17) is 0 Å². The smallest absolute Gasteiger partial charge is 0.227 e. The van der Waals surface area contributed by atoms with Gasteiger partial charge in [-0.2, -0.15) is 0 Å². The first-order chi connectivity index (χ1) is 17.0. The molecule has 2 aromatic carbocycles. The van der Waals surface area contributed by atoms with Gasteiger partial charge in [0.1, 0.15) is 5.82 Å². The van der Waals surface area contributed by atoms with Crippen LogP contribution in [0.2, 0.25) is 0 Å². The molecule has 2 amide bonds. The third-order valence-corrected chi connectivity index (χ3v) is 7.97. The van der Waals surface area contributed by atoms with Gasteiger partial charge in [0, 0.05) is 50.9 Å². The van der Waals surface area contributed by atoms with Crippen molar-refractivity contribution in [3.05, 3.63) is 65.5 Å². The maximum Gasteiger partial charge on any atom is 0.227 e. The van der Waals surface area contributed by atoms with Crippen LogP contribution >= 0.6 is 0 Å². The van der Waals surface area contributed by atoms with Gasteiger partial charge in [0.25, 0.3) is 0 Å². The van der Waals surface area contributed by atoms with E-state index < -0.39 is 0 Å². The number of hydrogen-bond donors (Lipinski definition) is 0. The van der Waals surface area contributed by atoms with Crippen LogP contribution in [0.25, 0.3) is 0 Å². The van der Waals surface area contributed by atoms with E-state index in [2.05, 4.69) is 4.90 Å². The molecule has 2 heterocycles. The molecule has 0 spiro atoms. The predicted molar refractivity (Wildman–Crippen MR) is 135 cm³/mol. The van der Waals surface area contributed by atoms with Crippen LogP contribution in [0, 0.1) is 11.7 Å². The zero-order chi connectivity index (χ0) is 24.4. The van der Waals surface area contributed by atoms with Gasteiger partial charge in [-0.3, -0.25) is 14.5 Å². The van der Waals surface area contributed by atoms with Crippen molar-refractivity contribution in [2.24, 2.45) is 5.92 Å². The van der Waals surface area contributed by atoms with E-state index >= 15 is 0 Å². The number of carbonyl (C=O) groups is 2. The molecule has 2 bridgehead atoms. The molecular weight excluding hydrogens is 441 g/mol. The van der Waals surface area contributed by atoms with Crippen LogP contribution in [0.1, 0.15) is 56.6 Å². The molecule has 2 fully saturated rings. The number of piperidine rings is 1. The van der Waals surface area contributed by atoms with Gasteiger partial charge in [0.2, 0.25) is 11.8 Å². The van der Waals surface area contributed by atoms with Gasteiger partial charge < -0.3 is 9.80 Å². The molecule has 1 saturated carbocycles. The Hall–Kier alpha value is -2.73. The lowest BCUT2D eigenvalue weighted by molar-refractivity contribution is -0.132. The molecule has 0 aromatic heterocycles. The Labute approximate surface area is 207 Å². The first-order valence-electron chi connectivity index (χ1n) is 13.1. The standard InChI is InChI=1S/C29H36FN3O2/c1-21(34)32-16-15-25-9-6-10-26(33(25)18-22-13-14-22)20-31(19-24-8-3-5-12-28(24)32)29(35)17-23-7-2-4-11-27(23)30/h2-5,7-8,11-12,22,25-26H,6,9-10,13-20H2,1H3. The fraction of sp³-hybridized carbons (Fsp3) is 0.517. The highest BCUT2D eigenvalue weighted by molar-refractivity contribution is 5.92. The van der Waals surface area contributed by atoms with Crippen LogP contribution in [-0.4, -0.2) is 53.3 Å². The third-order valence-electron chi connectivity index (χ3n) is 7.97. The highest BCUT2D eigenvalue weighted by Gasteiger charge is 2.37. The number of nitrogens with zero attached hydrogens (tertiary/aromatic N) is 3. The summed E-state index contributed by atoms with van der Waals surface area (Å²) in [6, 6.07) is 15.2. The summed E-state index contributed by atoms with van der Waals surface area (Å²) < 4.78 is 14.4. The third kappa shape index (κ3) is 5.58. The topological polar surface area (TPSA) is 43.9 Å². The molecule has 2 unspecified atom stereocenters. The van der Waals surface area contributed by atoms with Gasteiger partial charge in [0.05, 0.1) is 6.42 Å². The summed E-state index contributed by atoms with van der Waals surface area (Å²) in [4.78, 5) is 32.9. The number of anilines is 1. The normalized spacial score (nSPS) is 23.4. The van der Waals surface area contributed by atoms with Crippen molar-refractivity contribution < 1.29 is 14.0 Å². The highest BCUT2D eigenvalue weighted by Crippen LogP contribution is 2.36. The molecular formula is C29H36FN3O2. The largest absolute Gasteiger partial charge is 0.336 e. The monoisotopic (exact) mass is 477 g/mol. The van der Waals surface area contributed by atoms with E-state index in [-0.39, 0.29) is 24.1 Å². The van der Waals surface area contributed by atoms with Gasteiger partial charge >= 0.3 is 0 Å². The molecule has 1 saturated heterocycles. The number of carbonyl (C=O) groups excluding carboxylic acids is 2. The van der Waals surface area contributed by atoms with Crippen LogP contribution in [0.3, 0.4) is 0 Å². The Morgan fingerprint density at radius 2 is 1.69 bits per heavy atom. The second-order valence-corrected chi connectivity index (χ2v) is 10.5. The van der Waals surface area contributed by atoms with Gasteiger partial charge in [0.15, 0.2) is 0 Å². The number of rotatable bonds is 4. The molecule has 2 aromatic rings. The number of para-hydroxylation sites is 1. The van der Waals surface area contributed by atoms with Gasteiger partial charge in [-0.15, -0.1) is 0 Å². The van der Waals surface area contributed by atoms with Gasteiger partial charge in [-0.25, -0.2) is 4.39 Å². The summed E-state index contributed by atoms with van der Waals surface area (Å²) in [6.45, 7) is 4.46. The number of halogens is 1. The molecule has 1 aliphatic carbocycles. The lowest BCUT2D eigenvalue weighted by atomic mass is 9.92. The molecule has 186 valence electrons. The molecule has 35 heavy (non-hydrogen) atoms. The van der Waals surface area contributed by atoms with E-state index in [9.17, 15) is 14.0 Å². The molecule has 2 aliphatic heterocycles. The summed E-state index contributed by atoms with van der Waals surface area (Å²) in [6.07, 6.45) is 6.92. The molecule has 0 N–H and O–H groups in total. The zero-order valence-electron chi connectivity index (χ0n) is 20.7. The molecule has 5 nitrogen and oxygen atoms in total. The summed E-state index contributed by atoms with van der Waals surface area (Å²) in [5.74, 6) is 0.385. The maximum absolute atomic E-state index is 14.4. The van der Waals surface area contributed by atoms with E-state index in [0.717, 1.165) is 49.4 Å². The van der Waals surface area contributed by atoms with Crippen molar-refractivity contribution in [2.45, 2.75) is 70.5 Å². The minimum absolute atomic E-state index is 0.0297. The Balaban J connectivity index is 1.50. The minimum Gasteiger partial charge on any atom is -0.336 e. The Morgan fingerprint density at radius 1 is 0.943 bits per heavy atom. The van der Waals surface area contributed by atoms with Crippen LogP contribution in [0.5, 0.6) is 0 Å². The van der Waals surface area contributed by atoms with Crippen molar-refractivity contribution in [1.82, 2.24) is 9.80 Å². The Morgan fingerprint density at radius 3 is 2.46 bits per heavy atom. The fourth-order valence-corrected chi connectivity index (χ4v) is 5.89. The Kier molecular flexibility index (Phi) is 7.19. The summed E-state index contributed by atoms with van der Waals surface area (Å²) in [7, 11) is 0. The number of fused-ring (bicyclic) bond motifs is 3. The Bertz CT molecular complexity index is 1070. The lowest BCUT2D eigenvalue weighted by Crippen LogP contribution is -2.53. The number of amides is 2. The second-order valence-electron chi connectivity index (χ2n) is 10.5. The van der Waals surface area contributed by atoms with Crippen molar-refractivity contribution in [3.8, 4) is 0 Å². The van der Waals surface area contributed by atoms with Crippen molar-refractivity contribution >= 4 is 17.5 Å². The SMILES string of the molecule is CC(=O)N1CCC2CCCC(CN(C(=O)Cc3ccccc3F)Cc3ccccc31)N2CC1CC1. The predicted octanol–water partition coefficient (Wildman–Crippen LogP) is 4.79. The second kappa shape index (κ2) is 10.5. The van der Waals surface area contributed by atoms with Crippen LogP contribution in [-0.2, 0) is 22.6 Å². The summed E-state index contributed by atoms with van der Waals surface area (Å²) in [5.41, 5.74) is 2.28. The molecule has 5 rings (SSSR count). The summed E-state index contributed by atoms with van der Waals surface area (Å²) >= 11 is 0. The molecule has 2 atom stereocenters.